The van der Waals surface area contributed by atoms with Crippen LogP contribution in [0.15, 0.2) is 24.4 Å². The Kier molecular flexibility index (Phi) is 6.49. The van der Waals surface area contributed by atoms with E-state index in [2.05, 4.69) is 4.98 Å². The van der Waals surface area contributed by atoms with E-state index in [0.29, 0.717) is 6.54 Å². The van der Waals surface area contributed by atoms with Crippen LogP contribution in [0.3, 0.4) is 0 Å². The van der Waals surface area contributed by atoms with E-state index in [1.165, 1.54) is 0 Å². The van der Waals surface area contributed by atoms with E-state index in [1.807, 2.05) is 18.2 Å². The number of hydrogen-bond acceptors (Lipinski definition) is 3. The quantitative estimate of drug-likeness (QED) is 0.771. The Labute approximate surface area is 84.9 Å². The number of aromatic nitrogens is 1. The minimum Gasteiger partial charge on any atom is -0.330 e. The Morgan fingerprint density at radius 2 is 2.15 bits per heavy atom. The second-order valence-corrected chi connectivity index (χ2v) is 2.79. The normalized spacial score (nSPS) is 11.8. The van der Waals surface area contributed by atoms with E-state index in [1.54, 1.807) is 6.20 Å². The Morgan fingerprint density at radius 3 is 2.69 bits per heavy atom. The number of pyridine rings is 1. The minimum absolute atomic E-state index is 0. The van der Waals surface area contributed by atoms with Gasteiger partial charge in [0, 0.05) is 12.2 Å². The lowest BCUT2D eigenvalue weighted by Crippen LogP contribution is -2.13. The summed E-state index contributed by atoms with van der Waals surface area (Å²) in [6.07, 6.45) is 3.63. The number of nitrogens with zero attached hydrogens (tertiary/aromatic N) is 1. The Hall–Kier alpha value is -0.640. The van der Waals surface area contributed by atoms with Crippen molar-refractivity contribution in [2.24, 2.45) is 11.5 Å². The maximum atomic E-state index is 5.86. The molecule has 1 heterocycles. The molecule has 3 nitrogen and oxygen atoms in total. The van der Waals surface area contributed by atoms with Crippen LogP contribution in [0.25, 0.3) is 0 Å². The van der Waals surface area contributed by atoms with E-state index >= 15 is 0 Å². The molecule has 4 heteroatoms. The fourth-order valence-corrected chi connectivity index (χ4v) is 1.08. The highest BCUT2D eigenvalue weighted by Crippen LogP contribution is 2.11. The standard InChI is InChI=1S/C9H15N3.ClH/c10-6-3-4-8(11)9-5-1-2-7-12-9;/h1-2,5,7-8H,3-4,6,10-11H2;1H/t8-;/m1./s1. The summed E-state index contributed by atoms with van der Waals surface area (Å²) in [5.41, 5.74) is 12.2. The van der Waals surface area contributed by atoms with E-state index in [4.69, 9.17) is 11.5 Å². The highest BCUT2D eigenvalue weighted by atomic mass is 35.5. The molecule has 0 saturated heterocycles. The fraction of sp³-hybridized carbons (Fsp3) is 0.444. The molecule has 0 radical (unpaired) electrons. The van der Waals surface area contributed by atoms with Gasteiger partial charge in [0.25, 0.3) is 0 Å². The zero-order valence-corrected chi connectivity index (χ0v) is 8.33. The van der Waals surface area contributed by atoms with Crippen molar-refractivity contribution >= 4 is 12.4 Å². The molecule has 0 unspecified atom stereocenters. The summed E-state index contributed by atoms with van der Waals surface area (Å²) < 4.78 is 0. The van der Waals surface area contributed by atoms with Gasteiger partial charge in [-0.3, -0.25) is 4.98 Å². The lowest BCUT2D eigenvalue weighted by atomic mass is 10.1. The molecule has 0 aliphatic carbocycles. The molecule has 0 amide bonds. The second-order valence-electron chi connectivity index (χ2n) is 2.79. The SMILES string of the molecule is Cl.NCCC[C@@H](N)c1ccccn1. The smallest absolute Gasteiger partial charge is 0.0570 e. The minimum atomic E-state index is 0. The molecule has 13 heavy (non-hydrogen) atoms. The van der Waals surface area contributed by atoms with Crippen LogP contribution >= 0.6 is 12.4 Å². The van der Waals surface area contributed by atoms with Gasteiger partial charge >= 0.3 is 0 Å². The summed E-state index contributed by atoms with van der Waals surface area (Å²) in [4.78, 5) is 4.17. The van der Waals surface area contributed by atoms with Crippen molar-refractivity contribution in [2.75, 3.05) is 6.54 Å². The topological polar surface area (TPSA) is 64.9 Å². The summed E-state index contributed by atoms with van der Waals surface area (Å²) >= 11 is 0. The first-order valence-electron chi connectivity index (χ1n) is 4.21. The zero-order valence-electron chi connectivity index (χ0n) is 7.52. The second kappa shape index (κ2) is 6.83. The molecule has 1 aromatic heterocycles. The summed E-state index contributed by atoms with van der Waals surface area (Å²) in [6.45, 7) is 0.695. The third-order valence-corrected chi connectivity index (χ3v) is 1.79. The van der Waals surface area contributed by atoms with Crippen molar-refractivity contribution < 1.29 is 0 Å². The third kappa shape index (κ3) is 4.22. The van der Waals surface area contributed by atoms with Gasteiger partial charge in [-0.05, 0) is 31.5 Å². The predicted molar refractivity (Wildman–Crippen MR) is 56.7 cm³/mol. The van der Waals surface area contributed by atoms with E-state index in [9.17, 15) is 0 Å². The molecule has 74 valence electrons. The van der Waals surface area contributed by atoms with Gasteiger partial charge in [0.1, 0.15) is 0 Å². The number of halogens is 1. The lowest BCUT2D eigenvalue weighted by molar-refractivity contribution is 0.604. The largest absolute Gasteiger partial charge is 0.330 e. The van der Waals surface area contributed by atoms with Crippen molar-refractivity contribution in [3.63, 3.8) is 0 Å². The van der Waals surface area contributed by atoms with Crippen LogP contribution in [-0.2, 0) is 0 Å². The number of rotatable bonds is 4. The summed E-state index contributed by atoms with van der Waals surface area (Å²) in [7, 11) is 0. The molecule has 1 atom stereocenters. The van der Waals surface area contributed by atoms with Crippen LogP contribution < -0.4 is 11.5 Å². The lowest BCUT2D eigenvalue weighted by Gasteiger charge is -2.08. The molecule has 0 aliphatic heterocycles. The molecule has 0 spiro atoms. The first kappa shape index (κ1) is 12.4. The van der Waals surface area contributed by atoms with E-state index in [-0.39, 0.29) is 18.4 Å². The van der Waals surface area contributed by atoms with Gasteiger partial charge < -0.3 is 11.5 Å². The van der Waals surface area contributed by atoms with Crippen LogP contribution in [-0.4, -0.2) is 11.5 Å². The van der Waals surface area contributed by atoms with Gasteiger partial charge in [0.05, 0.1) is 5.69 Å². The van der Waals surface area contributed by atoms with Crippen LogP contribution in [0.2, 0.25) is 0 Å². The average molecular weight is 202 g/mol. The van der Waals surface area contributed by atoms with Crippen molar-refractivity contribution in [1.29, 1.82) is 0 Å². The predicted octanol–water partition coefficient (Wildman–Crippen LogP) is 1.24. The van der Waals surface area contributed by atoms with Crippen molar-refractivity contribution in [3.8, 4) is 0 Å². The van der Waals surface area contributed by atoms with Crippen LogP contribution in [0.4, 0.5) is 0 Å². The van der Waals surface area contributed by atoms with Gasteiger partial charge in [0.15, 0.2) is 0 Å². The first-order valence-corrected chi connectivity index (χ1v) is 4.21. The Balaban J connectivity index is 0.00000144. The van der Waals surface area contributed by atoms with Gasteiger partial charge in [-0.15, -0.1) is 12.4 Å². The third-order valence-electron chi connectivity index (χ3n) is 1.79. The van der Waals surface area contributed by atoms with Crippen LogP contribution in [0, 0.1) is 0 Å². The Bertz CT molecular complexity index is 215. The first-order chi connectivity index (χ1) is 5.84. The molecule has 0 bridgehead atoms. The van der Waals surface area contributed by atoms with E-state index < -0.39 is 0 Å². The molecule has 0 aromatic carbocycles. The van der Waals surface area contributed by atoms with Gasteiger partial charge in [-0.25, -0.2) is 0 Å². The van der Waals surface area contributed by atoms with Crippen molar-refractivity contribution in [3.05, 3.63) is 30.1 Å². The molecule has 0 fully saturated rings. The van der Waals surface area contributed by atoms with Gasteiger partial charge in [-0.1, -0.05) is 6.07 Å². The molecule has 0 aliphatic rings. The van der Waals surface area contributed by atoms with Crippen molar-refractivity contribution in [1.82, 2.24) is 4.98 Å². The van der Waals surface area contributed by atoms with E-state index in [0.717, 1.165) is 18.5 Å². The van der Waals surface area contributed by atoms with Crippen LogP contribution in [0.5, 0.6) is 0 Å². The van der Waals surface area contributed by atoms with Crippen molar-refractivity contribution in [2.45, 2.75) is 18.9 Å². The molecule has 1 rings (SSSR count). The maximum absolute atomic E-state index is 5.86. The molecule has 4 N–H and O–H groups in total. The fourth-order valence-electron chi connectivity index (χ4n) is 1.08. The number of hydrogen-bond donors (Lipinski definition) is 2. The highest BCUT2D eigenvalue weighted by molar-refractivity contribution is 5.85. The maximum Gasteiger partial charge on any atom is 0.0570 e. The van der Waals surface area contributed by atoms with Gasteiger partial charge in [0.2, 0.25) is 0 Å². The molecular weight excluding hydrogens is 186 g/mol. The molecule has 1 aromatic rings. The average Bonchev–Trinajstić information content (AvgIpc) is 2.15. The molecule has 0 saturated carbocycles. The van der Waals surface area contributed by atoms with Crippen LogP contribution in [0.1, 0.15) is 24.6 Å². The monoisotopic (exact) mass is 201 g/mol. The molecular formula is C9H16ClN3. The highest BCUT2D eigenvalue weighted by Gasteiger charge is 2.04. The Morgan fingerprint density at radius 1 is 1.38 bits per heavy atom. The summed E-state index contributed by atoms with van der Waals surface area (Å²) in [6, 6.07) is 5.82. The summed E-state index contributed by atoms with van der Waals surface area (Å²) in [5.74, 6) is 0. The number of nitrogens with two attached hydrogens (primary N) is 2. The van der Waals surface area contributed by atoms with Gasteiger partial charge in [-0.2, -0.15) is 0 Å². The zero-order chi connectivity index (χ0) is 8.81. The summed E-state index contributed by atoms with van der Waals surface area (Å²) in [5, 5.41) is 0.